The van der Waals surface area contributed by atoms with Crippen molar-refractivity contribution < 1.29 is 8.42 Å². The normalized spacial score (nSPS) is 11.5. The third kappa shape index (κ3) is 4.27. The molecule has 0 aliphatic carbocycles. The first-order chi connectivity index (χ1) is 15.2. The molecule has 13 heteroatoms. The number of pyridine rings is 2. The van der Waals surface area contributed by atoms with E-state index < -0.39 is 10.0 Å². The Bertz CT molecular complexity index is 1550. The van der Waals surface area contributed by atoms with Crippen molar-refractivity contribution in [2.45, 2.75) is 11.8 Å². The highest BCUT2D eigenvalue weighted by Crippen LogP contribution is 2.30. The predicted octanol–water partition coefficient (Wildman–Crippen LogP) is 5.77. The average Bonchev–Trinajstić information content (AvgIpc) is 3.31. The van der Waals surface area contributed by atoms with Crippen molar-refractivity contribution >= 4 is 87.2 Å². The molecule has 0 atom stereocenters. The third-order valence-electron chi connectivity index (χ3n) is 4.35. The minimum atomic E-state index is -3.82. The number of aromatic amines is 1. The number of fused-ring (bicyclic) bond motifs is 2. The minimum absolute atomic E-state index is 0.145. The molecular weight excluding hydrogens is 607 g/mol. The summed E-state index contributed by atoms with van der Waals surface area (Å²) in [6.45, 7) is 1.89. The standard InChI is InChI=1S/C13H9BrClN3O2S.C6H3BrClN3/c1-8-2-4-9(5-3-8)21(19,20)18-13-11(12(14)17-18)10(15)6-7-16-13;7-5-4-3(8)1-2-9-6(4)11-10-5/h2-7H,1H3;1-2H,(H,9,10,11). The van der Waals surface area contributed by atoms with E-state index in [0.717, 1.165) is 19.6 Å². The molecule has 0 amide bonds. The molecule has 0 aliphatic rings. The van der Waals surface area contributed by atoms with E-state index in [0.29, 0.717) is 25.7 Å². The lowest BCUT2D eigenvalue weighted by Crippen LogP contribution is -2.15. The highest BCUT2D eigenvalue weighted by Gasteiger charge is 2.24. The van der Waals surface area contributed by atoms with E-state index in [1.165, 1.54) is 18.3 Å². The Hall–Kier alpha value is -2.05. The molecule has 0 aliphatic heterocycles. The van der Waals surface area contributed by atoms with Crippen molar-refractivity contribution in [3.05, 3.63) is 73.6 Å². The fraction of sp³-hybridized carbons (Fsp3) is 0.0526. The molecule has 0 bridgehead atoms. The molecule has 5 rings (SSSR count). The van der Waals surface area contributed by atoms with Crippen LogP contribution in [0.15, 0.2) is 62.9 Å². The van der Waals surface area contributed by atoms with Gasteiger partial charge in [-0.05, 0) is 63.0 Å². The van der Waals surface area contributed by atoms with E-state index in [4.69, 9.17) is 23.2 Å². The Morgan fingerprint density at radius 3 is 2.22 bits per heavy atom. The maximum Gasteiger partial charge on any atom is 0.284 e. The molecule has 164 valence electrons. The predicted molar refractivity (Wildman–Crippen MR) is 131 cm³/mol. The van der Waals surface area contributed by atoms with Gasteiger partial charge in [0.15, 0.2) is 11.3 Å². The first-order valence-corrected chi connectivity index (χ1v) is 12.6. The van der Waals surface area contributed by atoms with Crippen molar-refractivity contribution in [1.29, 1.82) is 0 Å². The zero-order valence-electron chi connectivity index (χ0n) is 16.1. The fourth-order valence-corrected chi connectivity index (χ4v) is 5.86. The molecule has 0 saturated carbocycles. The van der Waals surface area contributed by atoms with Crippen molar-refractivity contribution in [1.82, 2.24) is 29.4 Å². The van der Waals surface area contributed by atoms with E-state index >= 15 is 0 Å². The quantitative estimate of drug-likeness (QED) is 0.269. The van der Waals surface area contributed by atoms with Crippen LogP contribution in [0.1, 0.15) is 5.56 Å². The molecule has 0 saturated heterocycles. The Kier molecular flexibility index (Phi) is 6.55. The summed E-state index contributed by atoms with van der Waals surface area (Å²) in [6.07, 6.45) is 3.07. The lowest BCUT2D eigenvalue weighted by molar-refractivity contribution is 0.581. The van der Waals surface area contributed by atoms with E-state index in [2.05, 4.69) is 57.1 Å². The van der Waals surface area contributed by atoms with Crippen LogP contribution in [-0.4, -0.2) is 37.8 Å². The van der Waals surface area contributed by atoms with Gasteiger partial charge in [-0.3, -0.25) is 5.10 Å². The number of aromatic nitrogens is 6. The molecule has 32 heavy (non-hydrogen) atoms. The lowest BCUT2D eigenvalue weighted by Gasteiger charge is -2.05. The summed E-state index contributed by atoms with van der Waals surface area (Å²) in [6, 6.07) is 9.85. The Morgan fingerprint density at radius 1 is 0.938 bits per heavy atom. The van der Waals surface area contributed by atoms with Crippen LogP contribution in [-0.2, 0) is 10.0 Å². The first-order valence-electron chi connectivity index (χ1n) is 8.85. The van der Waals surface area contributed by atoms with E-state index in [-0.39, 0.29) is 10.5 Å². The average molecular weight is 619 g/mol. The van der Waals surface area contributed by atoms with Gasteiger partial charge in [-0.15, -0.1) is 9.19 Å². The molecule has 4 aromatic heterocycles. The largest absolute Gasteiger partial charge is 0.284 e. The number of H-pyrrole nitrogens is 1. The topological polar surface area (TPSA) is 106 Å². The van der Waals surface area contributed by atoms with Crippen LogP contribution >= 0.6 is 55.1 Å². The molecule has 0 spiro atoms. The number of rotatable bonds is 2. The molecule has 1 aromatic carbocycles. The van der Waals surface area contributed by atoms with Crippen LogP contribution in [0, 0.1) is 6.92 Å². The smallest absolute Gasteiger partial charge is 0.269 e. The highest BCUT2D eigenvalue weighted by atomic mass is 79.9. The van der Waals surface area contributed by atoms with Gasteiger partial charge < -0.3 is 0 Å². The van der Waals surface area contributed by atoms with E-state index in [1.54, 1.807) is 30.5 Å². The highest BCUT2D eigenvalue weighted by molar-refractivity contribution is 9.10. The zero-order chi connectivity index (χ0) is 23.0. The maximum atomic E-state index is 12.7. The van der Waals surface area contributed by atoms with Gasteiger partial charge in [-0.2, -0.15) is 13.5 Å². The van der Waals surface area contributed by atoms with Crippen molar-refractivity contribution in [3.63, 3.8) is 0 Å². The maximum absolute atomic E-state index is 12.7. The number of aryl methyl sites for hydroxylation is 1. The summed E-state index contributed by atoms with van der Waals surface area (Å²) in [5.41, 5.74) is 1.79. The number of benzene rings is 1. The summed E-state index contributed by atoms with van der Waals surface area (Å²) in [5, 5.41) is 13.0. The van der Waals surface area contributed by atoms with E-state index in [9.17, 15) is 8.42 Å². The molecule has 8 nitrogen and oxygen atoms in total. The van der Waals surface area contributed by atoms with Crippen LogP contribution in [0.2, 0.25) is 10.0 Å². The van der Waals surface area contributed by atoms with E-state index in [1.807, 2.05) is 6.92 Å². The SMILES string of the molecule is Cc1ccc(S(=O)(=O)n2nc(Br)c3c(Cl)ccnc32)cc1.Clc1ccnc2n[nH]c(Br)c12. The number of hydrogen-bond acceptors (Lipinski definition) is 6. The van der Waals surface area contributed by atoms with Crippen LogP contribution in [0.3, 0.4) is 0 Å². The summed E-state index contributed by atoms with van der Waals surface area (Å²) < 4.78 is 27.4. The van der Waals surface area contributed by atoms with Crippen molar-refractivity contribution in [2.75, 3.05) is 0 Å². The molecule has 5 aromatic rings. The molecule has 1 N–H and O–H groups in total. The van der Waals surface area contributed by atoms with Gasteiger partial charge in [0, 0.05) is 12.4 Å². The van der Waals surface area contributed by atoms with Gasteiger partial charge >= 0.3 is 0 Å². The Labute approximate surface area is 209 Å². The van der Waals surface area contributed by atoms with Crippen LogP contribution in [0.25, 0.3) is 22.1 Å². The van der Waals surface area contributed by atoms with Crippen LogP contribution in [0.5, 0.6) is 0 Å². The van der Waals surface area contributed by atoms with Gasteiger partial charge in [0.1, 0.15) is 9.21 Å². The van der Waals surface area contributed by atoms with Gasteiger partial charge in [0.25, 0.3) is 10.0 Å². The lowest BCUT2D eigenvalue weighted by atomic mass is 10.2. The first kappa shape index (κ1) is 23.1. The molecule has 0 radical (unpaired) electrons. The van der Waals surface area contributed by atoms with Gasteiger partial charge in [0.2, 0.25) is 0 Å². The summed E-state index contributed by atoms with van der Waals surface area (Å²) in [5.74, 6) is 0. The van der Waals surface area contributed by atoms with Crippen molar-refractivity contribution in [3.8, 4) is 0 Å². The molecule has 4 heterocycles. The van der Waals surface area contributed by atoms with Crippen LogP contribution < -0.4 is 0 Å². The Balaban J connectivity index is 0.000000186. The Morgan fingerprint density at radius 2 is 1.56 bits per heavy atom. The summed E-state index contributed by atoms with van der Waals surface area (Å²) in [4.78, 5) is 8.23. The molecule has 0 unspecified atom stereocenters. The second kappa shape index (κ2) is 9.06. The van der Waals surface area contributed by atoms with Gasteiger partial charge in [-0.1, -0.05) is 40.9 Å². The van der Waals surface area contributed by atoms with Gasteiger partial charge in [-0.25, -0.2) is 9.97 Å². The second-order valence-electron chi connectivity index (χ2n) is 6.47. The van der Waals surface area contributed by atoms with Crippen molar-refractivity contribution in [2.24, 2.45) is 0 Å². The third-order valence-corrected chi connectivity index (χ3v) is 7.69. The fourth-order valence-electron chi connectivity index (χ4n) is 2.79. The zero-order valence-corrected chi connectivity index (χ0v) is 21.6. The number of halogens is 4. The minimum Gasteiger partial charge on any atom is -0.269 e. The summed E-state index contributed by atoms with van der Waals surface area (Å²) >= 11 is 18.4. The summed E-state index contributed by atoms with van der Waals surface area (Å²) in [7, 11) is -3.82. The number of nitrogens with zero attached hydrogens (tertiary/aromatic N) is 5. The van der Waals surface area contributed by atoms with Crippen LogP contribution in [0.4, 0.5) is 0 Å². The number of nitrogens with one attached hydrogen (secondary N) is 1. The number of hydrogen-bond donors (Lipinski definition) is 1. The molecule has 0 fully saturated rings. The molecular formula is C19H12Br2Cl2N6O2S. The second-order valence-corrected chi connectivity index (χ2v) is 10.6. The van der Waals surface area contributed by atoms with Gasteiger partial charge in [0.05, 0.1) is 25.7 Å². The monoisotopic (exact) mass is 616 g/mol.